The van der Waals surface area contributed by atoms with Crippen molar-refractivity contribution >= 4 is 32.5 Å². The van der Waals surface area contributed by atoms with E-state index in [1.54, 1.807) is 48.5 Å². The molecule has 7 nitrogen and oxygen atoms in total. The van der Waals surface area contributed by atoms with Crippen molar-refractivity contribution in [3.63, 3.8) is 0 Å². The van der Waals surface area contributed by atoms with E-state index in [2.05, 4.69) is 0 Å². The predicted molar refractivity (Wildman–Crippen MR) is 126 cm³/mol. The van der Waals surface area contributed by atoms with Crippen molar-refractivity contribution in [1.29, 1.82) is 0 Å². The highest BCUT2D eigenvalue weighted by Crippen LogP contribution is 2.43. The highest BCUT2D eigenvalue weighted by molar-refractivity contribution is 7.90. The Hall–Kier alpha value is -2.88. The Bertz CT molecular complexity index is 1470. The summed E-state index contributed by atoms with van der Waals surface area (Å²) in [5.41, 5.74) is 8.58. The molecule has 170 valence electrons. The summed E-state index contributed by atoms with van der Waals surface area (Å²) in [6, 6.07) is 17.8. The lowest BCUT2D eigenvalue weighted by Gasteiger charge is -2.15. The van der Waals surface area contributed by atoms with Gasteiger partial charge in [0.2, 0.25) is 0 Å². The monoisotopic (exact) mass is 484 g/mol. The zero-order valence-electron chi connectivity index (χ0n) is 17.3. The molecule has 0 saturated heterocycles. The lowest BCUT2D eigenvalue weighted by Crippen LogP contribution is -2.14. The zero-order chi connectivity index (χ0) is 23.3. The number of aliphatic hydroxyl groups excluding tert-OH is 2. The van der Waals surface area contributed by atoms with Crippen molar-refractivity contribution in [1.82, 2.24) is 3.97 Å². The van der Waals surface area contributed by atoms with E-state index in [-0.39, 0.29) is 10.9 Å². The van der Waals surface area contributed by atoms with Crippen molar-refractivity contribution in [3.8, 4) is 17.0 Å². The molecule has 3 aromatic carbocycles. The number of hydrogen-bond donors (Lipinski definition) is 3. The lowest BCUT2D eigenvalue weighted by molar-refractivity contribution is 0.0956. The number of nitrogens with two attached hydrogens (primary N) is 1. The summed E-state index contributed by atoms with van der Waals surface area (Å²) < 4.78 is 34.7. The number of aromatic nitrogens is 1. The maximum atomic E-state index is 13.8. The molecule has 0 fully saturated rings. The lowest BCUT2D eigenvalue weighted by atomic mass is 10.0. The van der Waals surface area contributed by atoms with Gasteiger partial charge in [0.05, 0.1) is 28.8 Å². The average Bonchev–Trinajstić information content (AvgIpc) is 3.40. The summed E-state index contributed by atoms with van der Waals surface area (Å²) >= 11 is 6.30. The summed E-state index contributed by atoms with van der Waals surface area (Å²) in [6.45, 7) is -0.186. The van der Waals surface area contributed by atoms with Crippen LogP contribution in [-0.2, 0) is 10.0 Å². The van der Waals surface area contributed by atoms with Crippen LogP contribution >= 0.6 is 11.6 Å². The number of hydrogen-bond acceptors (Lipinski definition) is 6. The first-order valence-corrected chi connectivity index (χ1v) is 12.1. The third-order valence-electron chi connectivity index (χ3n) is 5.78. The van der Waals surface area contributed by atoms with Crippen LogP contribution in [0.2, 0.25) is 5.02 Å². The Labute approximate surface area is 195 Å². The third kappa shape index (κ3) is 3.60. The summed E-state index contributed by atoms with van der Waals surface area (Å²) in [4.78, 5) is 0.125. The van der Waals surface area contributed by atoms with Crippen molar-refractivity contribution in [3.05, 3.63) is 82.9 Å². The van der Waals surface area contributed by atoms with Crippen molar-refractivity contribution in [2.45, 2.75) is 17.0 Å². The molecule has 0 bridgehead atoms. The van der Waals surface area contributed by atoms with Crippen LogP contribution in [-0.4, -0.2) is 35.8 Å². The number of halogens is 1. The fraction of sp³-hybridized carbons (Fsp3) is 0.167. The van der Waals surface area contributed by atoms with Crippen molar-refractivity contribution in [2.24, 2.45) is 5.73 Å². The van der Waals surface area contributed by atoms with Crippen LogP contribution in [0.15, 0.2) is 71.6 Å². The fourth-order valence-corrected chi connectivity index (χ4v) is 5.97. The topological polar surface area (TPSA) is 115 Å². The molecule has 1 aromatic heterocycles. The zero-order valence-corrected chi connectivity index (χ0v) is 18.9. The van der Waals surface area contributed by atoms with Gasteiger partial charge in [-0.05, 0) is 48.0 Å². The van der Waals surface area contributed by atoms with Gasteiger partial charge >= 0.3 is 0 Å². The van der Waals surface area contributed by atoms with Gasteiger partial charge in [-0.1, -0.05) is 35.9 Å². The van der Waals surface area contributed by atoms with E-state index < -0.39 is 22.7 Å². The first-order valence-electron chi connectivity index (χ1n) is 10.3. The van der Waals surface area contributed by atoms with Gasteiger partial charge < -0.3 is 20.7 Å². The Morgan fingerprint density at radius 1 is 1.12 bits per heavy atom. The second-order valence-electron chi connectivity index (χ2n) is 7.92. The number of fused-ring (bicyclic) bond motifs is 3. The third-order valence-corrected chi connectivity index (χ3v) is 7.74. The van der Waals surface area contributed by atoms with Crippen LogP contribution < -0.4 is 10.5 Å². The average molecular weight is 485 g/mol. The molecule has 0 radical (unpaired) electrons. The maximum absolute atomic E-state index is 13.8. The van der Waals surface area contributed by atoms with E-state index >= 15 is 0 Å². The van der Waals surface area contributed by atoms with E-state index in [9.17, 15) is 18.6 Å². The molecule has 2 atom stereocenters. The molecule has 0 aliphatic carbocycles. The van der Waals surface area contributed by atoms with Gasteiger partial charge in [0.1, 0.15) is 18.5 Å². The van der Waals surface area contributed by atoms with Crippen LogP contribution in [0, 0.1) is 0 Å². The molecule has 0 spiro atoms. The molecule has 0 amide bonds. The van der Waals surface area contributed by atoms with Crippen molar-refractivity contribution in [2.75, 3.05) is 13.2 Å². The van der Waals surface area contributed by atoms with E-state index in [0.717, 1.165) is 5.56 Å². The smallest absolute Gasteiger partial charge is 0.268 e. The molecule has 0 saturated carbocycles. The van der Waals surface area contributed by atoms with Gasteiger partial charge in [-0.15, -0.1) is 0 Å². The minimum Gasteiger partial charge on any atom is -0.491 e. The number of nitrogens with zero attached hydrogens (tertiary/aromatic N) is 1. The standard InChI is InChI=1S/C24H21ClN2O5S/c25-16-9-14(8-15(10-16)23(29)12-28)22-11-19-21(7-6-18-20(26)13-32-24(18)19)27(22)33(30,31)17-4-2-1-3-5-17/h1-11,20,23,28-29H,12-13,26H2/t20?,23-/m0/s1. The van der Waals surface area contributed by atoms with Crippen LogP contribution in [0.4, 0.5) is 0 Å². The maximum Gasteiger partial charge on any atom is 0.268 e. The van der Waals surface area contributed by atoms with Gasteiger partial charge in [0.15, 0.2) is 0 Å². The van der Waals surface area contributed by atoms with Gasteiger partial charge in [-0.2, -0.15) is 0 Å². The number of benzene rings is 3. The minimum absolute atomic E-state index is 0.125. The Morgan fingerprint density at radius 2 is 1.88 bits per heavy atom. The van der Waals surface area contributed by atoms with Crippen molar-refractivity contribution < 1.29 is 23.4 Å². The van der Waals surface area contributed by atoms with E-state index in [1.807, 2.05) is 0 Å². The molecule has 4 aromatic rings. The highest BCUT2D eigenvalue weighted by atomic mass is 35.5. The summed E-state index contributed by atoms with van der Waals surface area (Å²) in [7, 11) is -4.01. The van der Waals surface area contributed by atoms with E-state index in [4.69, 9.17) is 22.1 Å². The number of aliphatic hydroxyl groups is 2. The summed E-state index contributed by atoms with van der Waals surface area (Å²) in [5, 5.41) is 20.5. The quantitative estimate of drug-likeness (QED) is 0.398. The molecule has 1 aliphatic rings. The van der Waals surface area contributed by atoms with Crippen LogP contribution in [0.25, 0.3) is 22.2 Å². The molecule has 5 rings (SSSR count). The van der Waals surface area contributed by atoms with E-state index in [1.165, 1.54) is 22.2 Å². The van der Waals surface area contributed by atoms with Gasteiger partial charge in [0.25, 0.3) is 10.0 Å². The summed E-state index contributed by atoms with van der Waals surface area (Å²) in [6.07, 6.45) is -1.16. The largest absolute Gasteiger partial charge is 0.491 e. The first-order chi connectivity index (χ1) is 15.8. The predicted octanol–water partition coefficient (Wildman–Crippen LogP) is 3.62. The fourth-order valence-electron chi connectivity index (χ4n) is 4.18. The van der Waals surface area contributed by atoms with E-state index in [0.29, 0.717) is 45.1 Å². The second kappa shape index (κ2) is 8.16. The molecule has 4 N–H and O–H groups in total. The second-order valence-corrected chi connectivity index (χ2v) is 10.1. The minimum atomic E-state index is -4.01. The number of ether oxygens (including phenoxy) is 1. The molecular formula is C24H21ClN2O5S. The molecule has 1 unspecified atom stereocenters. The Balaban J connectivity index is 1.85. The SMILES string of the molecule is NC1COc2c1ccc1c2cc(-c2cc(Cl)cc([C@@H](O)CO)c2)n1S(=O)(=O)c1ccccc1. The molecule has 33 heavy (non-hydrogen) atoms. The van der Waals surface area contributed by atoms with Crippen LogP contribution in [0.1, 0.15) is 23.3 Å². The molecule has 2 heterocycles. The van der Waals surface area contributed by atoms with Crippen LogP contribution in [0.5, 0.6) is 5.75 Å². The normalized spacial score (nSPS) is 16.5. The molecule has 1 aliphatic heterocycles. The Kier molecular flexibility index (Phi) is 5.43. The van der Waals surface area contributed by atoms with Gasteiger partial charge in [0, 0.05) is 21.5 Å². The molecular weight excluding hydrogens is 464 g/mol. The highest BCUT2D eigenvalue weighted by Gasteiger charge is 2.29. The van der Waals surface area contributed by atoms with Gasteiger partial charge in [-0.3, -0.25) is 0 Å². The summed E-state index contributed by atoms with van der Waals surface area (Å²) in [5.74, 6) is 0.556. The molecule has 9 heteroatoms. The Morgan fingerprint density at radius 3 is 2.61 bits per heavy atom. The van der Waals surface area contributed by atoms with Gasteiger partial charge in [-0.25, -0.2) is 12.4 Å². The number of rotatable bonds is 5. The van der Waals surface area contributed by atoms with Crippen LogP contribution in [0.3, 0.4) is 0 Å². The first kappa shape index (κ1) is 21.9.